The monoisotopic (exact) mass is 430 g/mol. The fraction of sp³-hybridized carbons (Fsp3) is 0.0556. The Kier molecular flexibility index (Phi) is 6.01. The number of nitrogens with one attached hydrogen (secondary N) is 1. The summed E-state index contributed by atoms with van der Waals surface area (Å²) in [5.41, 5.74) is 12.6. The lowest BCUT2D eigenvalue weighted by atomic mass is 10.1. The number of nitrogens with two attached hydrogens (primary N) is 3. The first-order valence-electron chi connectivity index (χ1n) is 8.28. The maximum Gasteiger partial charge on any atom is 0.242 e. The molecule has 0 saturated heterocycles. The van der Waals surface area contributed by atoms with Crippen LogP contribution >= 0.6 is 11.8 Å². The number of aromatic nitrogens is 2. The Bertz CT molecular complexity index is 1100. The standard InChI is InChI=1S/C18H18N6O3S2/c19-14-10-15(20)24-18(23-14)28-16(11-4-2-1-3-5-11)17(25)22-12-6-8-13(9-7-12)29(21,26)27/h1-10,16H,(H,22,25)(H2,21,26,27)(H4,19,20,23,24)/t16-/m1/s1. The van der Waals surface area contributed by atoms with Crippen LogP contribution < -0.4 is 21.9 Å². The highest BCUT2D eigenvalue weighted by atomic mass is 32.2. The summed E-state index contributed by atoms with van der Waals surface area (Å²) in [5, 5.41) is 7.41. The second kappa shape index (κ2) is 8.47. The maximum atomic E-state index is 13.0. The quantitative estimate of drug-likeness (QED) is 0.339. The van der Waals surface area contributed by atoms with Gasteiger partial charge in [-0.15, -0.1) is 0 Å². The number of anilines is 3. The molecule has 150 valence electrons. The molecule has 0 radical (unpaired) electrons. The van der Waals surface area contributed by atoms with E-state index in [1.54, 1.807) is 12.1 Å². The van der Waals surface area contributed by atoms with Crippen molar-refractivity contribution in [3.8, 4) is 0 Å². The van der Waals surface area contributed by atoms with E-state index in [0.717, 1.165) is 17.3 Å². The average Bonchev–Trinajstić information content (AvgIpc) is 2.65. The number of nitrogens with zero attached hydrogens (tertiary/aromatic N) is 2. The summed E-state index contributed by atoms with van der Waals surface area (Å²) in [5.74, 6) is 0.0470. The molecule has 1 atom stereocenters. The highest BCUT2D eigenvalue weighted by Crippen LogP contribution is 2.35. The number of rotatable bonds is 6. The molecular weight excluding hydrogens is 412 g/mol. The van der Waals surface area contributed by atoms with Gasteiger partial charge in [0.1, 0.15) is 16.9 Å². The van der Waals surface area contributed by atoms with Crippen LogP contribution in [0.5, 0.6) is 0 Å². The van der Waals surface area contributed by atoms with Crippen molar-refractivity contribution in [2.75, 3.05) is 16.8 Å². The molecule has 29 heavy (non-hydrogen) atoms. The summed E-state index contributed by atoms with van der Waals surface area (Å²) < 4.78 is 22.7. The average molecular weight is 431 g/mol. The normalized spacial score (nSPS) is 12.3. The lowest BCUT2D eigenvalue weighted by Crippen LogP contribution is -2.19. The molecule has 0 unspecified atom stereocenters. The van der Waals surface area contributed by atoms with Crippen molar-refractivity contribution in [3.05, 3.63) is 66.2 Å². The van der Waals surface area contributed by atoms with Crippen LogP contribution in [0.3, 0.4) is 0 Å². The number of benzene rings is 2. The van der Waals surface area contributed by atoms with Crippen molar-refractivity contribution in [3.63, 3.8) is 0 Å². The van der Waals surface area contributed by atoms with Crippen LogP contribution in [-0.4, -0.2) is 24.3 Å². The maximum absolute atomic E-state index is 13.0. The molecule has 9 nitrogen and oxygen atoms in total. The zero-order valence-corrected chi connectivity index (χ0v) is 16.7. The first-order valence-corrected chi connectivity index (χ1v) is 10.7. The van der Waals surface area contributed by atoms with Gasteiger partial charge in [0, 0.05) is 11.8 Å². The molecule has 0 spiro atoms. The number of thioether (sulfide) groups is 1. The van der Waals surface area contributed by atoms with Gasteiger partial charge in [0.2, 0.25) is 15.9 Å². The first-order chi connectivity index (χ1) is 13.7. The van der Waals surface area contributed by atoms with Gasteiger partial charge in [-0.3, -0.25) is 4.79 Å². The summed E-state index contributed by atoms with van der Waals surface area (Å²) in [4.78, 5) is 21.2. The molecule has 1 aromatic heterocycles. The van der Waals surface area contributed by atoms with Gasteiger partial charge in [-0.2, -0.15) is 0 Å². The van der Waals surface area contributed by atoms with Crippen molar-refractivity contribution in [1.29, 1.82) is 0 Å². The molecule has 0 saturated carbocycles. The minimum Gasteiger partial charge on any atom is -0.383 e. The number of amides is 1. The zero-order chi connectivity index (χ0) is 21.0. The van der Waals surface area contributed by atoms with E-state index in [1.165, 1.54) is 30.3 Å². The molecular formula is C18H18N6O3S2. The minimum atomic E-state index is -3.81. The molecule has 0 aliphatic rings. The van der Waals surface area contributed by atoms with E-state index in [-0.39, 0.29) is 27.6 Å². The molecule has 0 fully saturated rings. The van der Waals surface area contributed by atoms with Crippen molar-refractivity contribution >= 4 is 45.0 Å². The van der Waals surface area contributed by atoms with E-state index in [0.29, 0.717) is 5.69 Å². The van der Waals surface area contributed by atoms with Gasteiger partial charge in [-0.25, -0.2) is 23.5 Å². The second-order valence-corrected chi connectivity index (χ2v) is 8.60. The van der Waals surface area contributed by atoms with Crippen LogP contribution in [0.2, 0.25) is 0 Å². The summed E-state index contributed by atoms with van der Waals surface area (Å²) in [6.45, 7) is 0. The van der Waals surface area contributed by atoms with Crippen molar-refractivity contribution < 1.29 is 13.2 Å². The van der Waals surface area contributed by atoms with E-state index >= 15 is 0 Å². The van der Waals surface area contributed by atoms with E-state index in [2.05, 4.69) is 15.3 Å². The Morgan fingerprint density at radius 3 is 2.10 bits per heavy atom. The summed E-state index contributed by atoms with van der Waals surface area (Å²) >= 11 is 1.09. The van der Waals surface area contributed by atoms with Crippen molar-refractivity contribution in [2.24, 2.45) is 5.14 Å². The Morgan fingerprint density at radius 1 is 0.966 bits per heavy atom. The molecule has 0 aliphatic heterocycles. The van der Waals surface area contributed by atoms with Gasteiger partial charge in [0.15, 0.2) is 5.16 Å². The van der Waals surface area contributed by atoms with Crippen LogP contribution in [0.4, 0.5) is 17.3 Å². The van der Waals surface area contributed by atoms with Crippen LogP contribution in [0.15, 0.2) is 70.7 Å². The fourth-order valence-electron chi connectivity index (χ4n) is 2.46. The Labute approximate surface area is 171 Å². The van der Waals surface area contributed by atoms with E-state index in [9.17, 15) is 13.2 Å². The van der Waals surface area contributed by atoms with Gasteiger partial charge in [-0.1, -0.05) is 42.1 Å². The molecule has 1 amide bonds. The van der Waals surface area contributed by atoms with Crippen LogP contribution in [0.25, 0.3) is 0 Å². The number of carbonyl (C=O) groups excluding carboxylic acids is 1. The number of sulfonamides is 1. The third-order valence-corrected chi connectivity index (χ3v) is 5.80. The van der Waals surface area contributed by atoms with E-state index in [4.69, 9.17) is 16.6 Å². The van der Waals surface area contributed by atoms with Crippen molar-refractivity contribution in [1.82, 2.24) is 9.97 Å². The molecule has 1 heterocycles. The lowest BCUT2D eigenvalue weighted by molar-refractivity contribution is -0.115. The van der Waals surface area contributed by atoms with Gasteiger partial charge < -0.3 is 16.8 Å². The Balaban J connectivity index is 1.86. The first kappa shape index (κ1) is 20.6. The molecule has 0 aliphatic carbocycles. The van der Waals surface area contributed by atoms with Gasteiger partial charge in [0.25, 0.3) is 0 Å². The molecule has 3 rings (SSSR count). The topological polar surface area (TPSA) is 167 Å². The van der Waals surface area contributed by atoms with Crippen LogP contribution in [-0.2, 0) is 14.8 Å². The SMILES string of the molecule is Nc1cc(N)nc(S[C@@H](C(=O)Nc2ccc(S(N)(=O)=O)cc2)c2ccccc2)n1. The highest BCUT2D eigenvalue weighted by molar-refractivity contribution is 8.00. The summed E-state index contributed by atoms with van der Waals surface area (Å²) in [6, 6.07) is 16.0. The van der Waals surface area contributed by atoms with Crippen LogP contribution in [0.1, 0.15) is 10.8 Å². The Hall–Kier alpha value is -3.15. The predicted molar refractivity (Wildman–Crippen MR) is 112 cm³/mol. The number of carbonyl (C=O) groups is 1. The number of hydrogen-bond donors (Lipinski definition) is 4. The number of hydrogen-bond acceptors (Lipinski definition) is 8. The molecule has 2 aromatic carbocycles. The lowest BCUT2D eigenvalue weighted by Gasteiger charge is -2.16. The largest absolute Gasteiger partial charge is 0.383 e. The zero-order valence-electron chi connectivity index (χ0n) is 15.0. The highest BCUT2D eigenvalue weighted by Gasteiger charge is 2.24. The predicted octanol–water partition coefficient (Wildman–Crippen LogP) is 1.76. The van der Waals surface area contributed by atoms with Crippen molar-refractivity contribution in [2.45, 2.75) is 15.3 Å². The van der Waals surface area contributed by atoms with E-state index < -0.39 is 15.3 Å². The summed E-state index contributed by atoms with van der Waals surface area (Å²) in [6.07, 6.45) is 0. The molecule has 3 aromatic rings. The van der Waals surface area contributed by atoms with Gasteiger partial charge in [-0.05, 0) is 29.8 Å². The third kappa shape index (κ3) is 5.44. The summed E-state index contributed by atoms with van der Waals surface area (Å²) in [7, 11) is -3.81. The minimum absolute atomic E-state index is 0.0480. The van der Waals surface area contributed by atoms with Crippen LogP contribution in [0, 0.1) is 0 Å². The number of primary sulfonamides is 1. The Morgan fingerprint density at radius 2 is 1.55 bits per heavy atom. The molecule has 11 heteroatoms. The van der Waals surface area contributed by atoms with Gasteiger partial charge in [0.05, 0.1) is 4.90 Å². The third-order valence-electron chi connectivity index (χ3n) is 3.76. The van der Waals surface area contributed by atoms with E-state index in [1.807, 2.05) is 18.2 Å². The second-order valence-electron chi connectivity index (χ2n) is 5.97. The fourth-order valence-corrected chi connectivity index (χ4v) is 3.96. The molecule has 0 bridgehead atoms. The molecule has 7 N–H and O–H groups in total. The number of nitrogen functional groups attached to an aromatic ring is 2. The smallest absolute Gasteiger partial charge is 0.242 e. The van der Waals surface area contributed by atoms with Gasteiger partial charge >= 0.3 is 0 Å².